The monoisotopic (exact) mass is 440 g/mol. The van der Waals surface area contributed by atoms with Crippen LogP contribution in [-0.2, 0) is 4.74 Å². The molecule has 10 nitrogen and oxygen atoms in total. The van der Waals surface area contributed by atoms with Crippen LogP contribution in [0.4, 0.5) is 10.6 Å². The molecule has 0 atom stereocenters. The van der Waals surface area contributed by atoms with Gasteiger partial charge in [0, 0.05) is 37.9 Å². The van der Waals surface area contributed by atoms with Crippen molar-refractivity contribution in [3.63, 3.8) is 0 Å². The summed E-state index contributed by atoms with van der Waals surface area (Å²) in [7, 11) is 3.22. The fraction of sp³-hybridized carbons (Fsp3) is 0.455. The predicted octanol–water partition coefficient (Wildman–Crippen LogP) is 2.87. The molecule has 0 spiro atoms. The third-order valence-electron chi connectivity index (χ3n) is 5.21. The first-order chi connectivity index (χ1) is 15.3. The number of aromatic nitrogens is 4. The number of amides is 1. The van der Waals surface area contributed by atoms with E-state index in [9.17, 15) is 4.79 Å². The minimum atomic E-state index is -0.521. The number of hydrogen-bond acceptors (Lipinski definition) is 8. The predicted molar refractivity (Wildman–Crippen MR) is 119 cm³/mol. The fourth-order valence-electron chi connectivity index (χ4n) is 3.71. The molecule has 0 N–H and O–H groups in total. The van der Waals surface area contributed by atoms with Gasteiger partial charge >= 0.3 is 6.09 Å². The largest absolute Gasteiger partial charge is 0.493 e. The van der Waals surface area contributed by atoms with Gasteiger partial charge in [-0.05, 0) is 38.5 Å². The molecule has 2 aromatic heterocycles. The molecule has 1 saturated heterocycles. The highest BCUT2D eigenvalue weighted by molar-refractivity contribution is 5.79. The van der Waals surface area contributed by atoms with Crippen LogP contribution in [0.1, 0.15) is 20.8 Å². The lowest BCUT2D eigenvalue weighted by Crippen LogP contribution is -2.50. The van der Waals surface area contributed by atoms with Crippen LogP contribution < -0.4 is 14.4 Å². The number of nitrogens with zero attached hydrogens (tertiary/aromatic N) is 6. The third-order valence-corrected chi connectivity index (χ3v) is 5.21. The molecule has 0 aliphatic carbocycles. The SMILES string of the molecule is COc1ccc(-c2cnc3ncnn3c2N2CCN(C(=O)OC(C)(C)C)CC2)cc1OC. The van der Waals surface area contributed by atoms with E-state index in [0.29, 0.717) is 43.5 Å². The Hall–Kier alpha value is -3.56. The number of rotatable bonds is 4. The van der Waals surface area contributed by atoms with Crippen molar-refractivity contribution in [2.75, 3.05) is 45.3 Å². The lowest BCUT2D eigenvalue weighted by Gasteiger charge is -2.37. The molecule has 1 aromatic carbocycles. The molecule has 3 heterocycles. The van der Waals surface area contributed by atoms with Crippen molar-refractivity contribution in [3.05, 3.63) is 30.7 Å². The first-order valence-corrected chi connectivity index (χ1v) is 10.4. The second-order valence-electron chi connectivity index (χ2n) is 8.49. The maximum absolute atomic E-state index is 12.5. The molecule has 1 aliphatic rings. The molecule has 0 bridgehead atoms. The highest BCUT2D eigenvalue weighted by Gasteiger charge is 2.28. The number of benzene rings is 1. The smallest absolute Gasteiger partial charge is 0.410 e. The van der Waals surface area contributed by atoms with Crippen molar-refractivity contribution in [1.29, 1.82) is 0 Å². The van der Waals surface area contributed by atoms with Crippen molar-refractivity contribution < 1.29 is 19.0 Å². The van der Waals surface area contributed by atoms with Crippen LogP contribution in [0.25, 0.3) is 16.9 Å². The average molecular weight is 441 g/mol. The van der Waals surface area contributed by atoms with Crippen LogP contribution in [-0.4, -0.2) is 76.6 Å². The number of carbonyl (C=O) groups is 1. The van der Waals surface area contributed by atoms with E-state index >= 15 is 0 Å². The molecular formula is C22H28N6O4. The normalized spacial score (nSPS) is 14.5. The summed E-state index contributed by atoms with van der Waals surface area (Å²) in [6.45, 7) is 7.94. The number of fused-ring (bicyclic) bond motifs is 1. The lowest BCUT2D eigenvalue weighted by molar-refractivity contribution is 0.0240. The lowest BCUT2D eigenvalue weighted by atomic mass is 10.1. The summed E-state index contributed by atoms with van der Waals surface area (Å²) in [5, 5.41) is 4.40. The summed E-state index contributed by atoms with van der Waals surface area (Å²) in [6.07, 6.45) is 2.99. The second-order valence-corrected chi connectivity index (χ2v) is 8.49. The minimum Gasteiger partial charge on any atom is -0.493 e. The van der Waals surface area contributed by atoms with Crippen LogP contribution in [0.3, 0.4) is 0 Å². The maximum atomic E-state index is 12.5. The molecule has 1 fully saturated rings. The van der Waals surface area contributed by atoms with E-state index in [1.807, 2.05) is 39.0 Å². The molecule has 0 radical (unpaired) electrons. The van der Waals surface area contributed by atoms with Crippen LogP contribution in [0.2, 0.25) is 0 Å². The van der Waals surface area contributed by atoms with E-state index in [1.54, 1.807) is 29.8 Å². The van der Waals surface area contributed by atoms with Gasteiger partial charge in [0.05, 0.1) is 14.2 Å². The Kier molecular flexibility index (Phi) is 5.77. The third kappa shape index (κ3) is 4.25. The Morgan fingerprint density at radius 1 is 1.00 bits per heavy atom. The number of carbonyl (C=O) groups excluding carboxylic acids is 1. The number of ether oxygens (including phenoxy) is 3. The minimum absolute atomic E-state index is 0.294. The van der Waals surface area contributed by atoms with E-state index in [4.69, 9.17) is 14.2 Å². The highest BCUT2D eigenvalue weighted by Crippen LogP contribution is 2.36. The van der Waals surface area contributed by atoms with Gasteiger partial charge in [0.25, 0.3) is 5.78 Å². The Morgan fingerprint density at radius 3 is 2.38 bits per heavy atom. The molecule has 4 rings (SSSR count). The number of hydrogen-bond donors (Lipinski definition) is 0. The molecule has 10 heteroatoms. The average Bonchev–Trinajstić information content (AvgIpc) is 3.26. The summed E-state index contributed by atoms with van der Waals surface area (Å²) in [5.41, 5.74) is 1.28. The van der Waals surface area contributed by atoms with Gasteiger partial charge in [0.1, 0.15) is 17.7 Å². The molecule has 1 amide bonds. The molecule has 0 saturated carbocycles. The van der Waals surface area contributed by atoms with Gasteiger partial charge < -0.3 is 24.0 Å². The summed E-state index contributed by atoms with van der Waals surface area (Å²) in [4.78, 5) is 25.1. The van der Waals surface area contributed by atoms with E-state index < -0.39 is 5.60 Å². The van der Waals surface area contributed by atoms with Crippen LogP contribution in [0, 0.1) is 0 Å². The fourth-order valence-corrected chi connectivity index (χ4v) is 3.71. The zero-order valence-corrected chi connectivity index (χ0v) is 19.0. The van der Waals surface area contributed by atoms with Crippen molar-refractivity contribution in [3.8, 4) is 22.6 Å². The van der Waals surface area contributed by atoms with Gasteiger partial charge in [-0.25, -0.2) is 9.78 Å². The van der Waals surface area contributed by atoms with E-state index in [2.05, 4.69) is 20.0 Å². The van der Waals surface area contributed by atoms with Crippen LogP contribution in [0.15, 0.2) is 30.7 Å². The topological polar surface area (TPSA) is 94.3 Å². The molecular weight excluding hydrogens is 412 g/mol. The van der Waals surface area contributed by atoms with E-state index in [-0.39, 0.29) is 6.09 Å². The van der Waals surface area contributed by atoms with Crippen molar-refractivity contribution in [2.24, 2.45) is 0 Å². The van der Waals surface area contributed by atoms with Crippen LogP contribution >= 0.6 is 0 Å². The summed E-state index contributed by atoms with van der Waals surface area (Å²) in [6, 6.07) is 5.74. The number of piperazine rings is 1. The second kappa shape index (κ2) is 8.52. The van der Waals surface area contributed by atoms with Gasteiger partial charge in [0.15, 0.2) is 11.5 Å². The zero-order chi connectivity index (χ0) is 22.9. The molecule has 32 heavy (non-hydrogen) atoms. The maximum Gasteiger partial charge on any atom is 0.410 e. The van der Waals surface area contributed by atoms with Gasteiger partial charge in [0.2, 0.25) is 0 Å². The van der Waals surface area contributed by atoms with Crippen LogP contribution in [0.5, 0.6) is 11.5 Å². The molecule has 1 aliphatic heterocycles. The first kappa shape index (κ1) is 21.7. The summed E-state index contributed by atoms with van der Waals surface area (Å²) < 4.78 is 18.1. The van der Waals surface area contributed by atoms with Crippen molar-refractivity contribution in [2.45, 2.75) is 26.4 Å². The van der Waals surface area contributed by atoms with Gasteiger partial charge in [-0.15, -0.1) is 0 Å². The van der Waals surface area contributed by atoms with Gasteiger partial charge in [-0.3, -0.25) is 0 Å². The molecule has 170 valence electrons. The highest BCUT2D eigenvalue weighted by atomic mass is 16.6. The summed E-state index contributed by atoms with van der Waals surface area (Å²) in [5.74, 6) is 2.66. The Balaban J connectivity index is 1.66. The van der Waals surface area contributed by atoms with E-state index in [1.165, 1.54) is 6.33 Å². The Morgan fingerprint density at radius 2 is 1.72 bits per heavy atom. The van der Waals surface area contributed by atoms with E-state index in [0.717, 1.165) is 16.9 Å². The van der Waals surface area contributed by atoms with Crippen molar-refractivity contribution in [1.82, 2.24) is 24.5 Å². The standard InChI is InChI=1S/C22H28N6O4/c1-22(2,3)32-21(29)27-10-8-26(9-11-27)19-16(13-23-20-24-14-25-28(19)20)15-6-7-17(30-4)18(12-15)31-5/h6-7,12-14H,8-11H2,1-5H3. The Labute approximate surface area is 186 Å². The number of methoxy groups -OCH3 is 2. The van der Waals surface area contributed by atoms with Gasteiger partial charge in [-0.1, -0.05) is 6.07 Å². The Bertz CT molecular complexity index is 1120. The summed E-state index contributed by atoms with van der Waals surface area (Å²) >= 11 is 0. The van der Waals surface area contributed by atoms with Crippen molar-refractivity contribution >= 4 is 17.7 Å². The number of anilines is 1. The molecule has 3 aromatic rings. The molecule has 0 unspecified atom stereocenters. The van der Waals surface area contributed by atoms with Gasteiger partial charge in [-0.2, -0.15) is 14.6 Å². The first-order valence-electron chi connectivity index (χ1n) is 10.4. The quantitative estimate of drug-likeness (QED) is 0.611. The zero-order valence-electron chi connectivity index (χ0n) is 19.0.